The van der Waals surface area contributed by atoms with E-state index in [1.807, 2.05) is 86.6 Å². The number of aromatic nitrogens is 2. The molecule has 0 saturated heterocycles. The van der Waals surface area contributed by atoms with E-state index in [-0.39, 0.29) is 54.5 Å². The van der Waals surface area contributed by atoms with Gasteiger partial charge in [0.05, 0.1) is 34.7 Å². The highest BCUT2D eigenvalue weighted by Crippen LogP contribution is 2.66. The van der Waals surface area contributed by atoms with Crippen LogP contribution in [0, 0.1) is 66.5 Å². The summed E-state index contributed by atoms with van der Waals surface area (Å²) in [6.07, 6.45) is 5.08. The number of benzene rings is 3. The quantitative estimate of drug-likeness (QED) is 0.0380. The van der Waals surface area contributed by atoms with Gasteiger partial charge in [-0.1, -0.05) is 113 Å². The molecule has 3 atom stereocenters. The maximum Gasteiger partial charge on any atom is 0.312 e. The molecule has 0 saturated carbocycles. The smallest absolute Gasteiger partial charge is 0.312 e. The van der Waals surface area contributed by atoms with Crippen molar-refractivity contribution < 1.29 is 23.8 Å². The van der Waals surface area contributed by atoms with Crippen LogP contribution in [0.2, 0.25) is 0 Å². The molecule has 0 aliphatic heterocycles. The molecule has 13 heteroatoms. The Morgan fingerprint density at radius 2 is 1.21 bits per heavy atom. The van der Waals surface area contributed by atoms with Gasteiger partial charge in [0.25, 0.3) is 0 Å². The Labute approximate surface area is 417 Å². The number of ether oxygens (including phenoxy) is 3. The number of hydrogen-bond donors (Lipinski definition) is 1. The Hall–Kier alpha value is -6.52. The maximum absolute atomic E-state index is 15.1. The number of esters is 2. The summed E-state index contributed by atoms with van der Waals surface area (Å²) >= 11 is 0. The monoisotopic (exact) mass is 953 g/mol. The molecule has 0 bridgehead atoms. The van der Waals surface area contributed by atoms with Crippen molar-refractivity contribution in [2.75, 3.05) is 37.8 Å². The van der Waals surface area contributed by atoms with Gasteiger partial charge in [-0.05, 0) is 128 Å². The van der Waals surface area contributed by atoms with Crippen molar-refractivity contribution in [2.45, 2.75) is 135 Å². The molecule has 4 aromatic rings. The van der Waals surface area contributed by atoms with Gasteiger partial charge >= 0.3 is 11.9 Å². The lowest BCUT2D eigenvalue weighted by atomic mass is 9.42. The summed E-state index contributed by atoms with van der Waals surface area (Å²) in [5, 5.41) is 35.8. The molecule has 0 spiro atoms. The van der Waals surface area contributed by atoms with E-state index in [1.54, 1.807) is 12.1 Å². The third-order valence-corrected chi connectivity index (χ3v) is 16.1. The number of rotatable bonds is 25. The van der Waals surface area contributed by atoms with Gasteiger partial charge < -0.3 is 24.1 Å². The minimum absolute atomic E-state index is 0.0337. The molecular formula is C57H76N8O5. The molecule has 1 heterocycles. The second-order valence-electron chi connectivity index (χ2n) is 20.6. The van der Waals surface area contributed by atoms with Crippen LogP contribution in [0.15, 0.2) is 83.0 Å². The standard InChI is InChI=1S/C57H76N8O5/c1-14-53(10,15-2)39-56(13,50(67)70-35-34-68-46-30-24-43(25-31-46)42-22-20-41(36-58)21-23-42)57(17-4,18-5)54(11,16-3)40-55(12,52(7,8)9)49(66)69-33-32-65(19-6)45-28-26-44(27-29-45)63-64-51-61-47(37-59)48(38-60)62-51/h20-31H,14-19,32-35,39-40H2,1-13H3,(H,61,62). The lowest BCUT2D eigenvalue weighted by molar-refractivity contribution is -0.192. The summed E-state index contributed by atoms with van der Waals surface area (Å²) in [5.74, 6) is 0.238. The van der Waals surface area contributed by atoms with Gasteiger partial charge in [0, 0.05) is 12.2 Å². The minimum Gasteiger partial charge on any atom is -0.490 e. The molecule has 1 aromatic heterocycles. The number of H-pyrrole nitrogens is 1. The van der Waals surface area contributed by atoms with Crippen LogP contribution >= 0.6 is 0 Å². The van der Waals surface area contributed by atoms with Gasteiger partial charge in [0.1, 0.15) is 37.7 Å². The van der Waals surface area contributed by atoms with Gasteiger partial charge in [-0.15, -0.1) is 10.2 Å². The number of nitriles is 3. The third-order valence-electron chi connectivity index (χ3n) is 16.1. The van der Waals surface area contributed by atoms with E-state index in [0.29, 0.717) is 55.8 Å². The largest absolute Gasteiger partial charge is 0.490 e. The molecule has 374 valence electrons. The van der Waals surface area contributed by atoms with Crippen molar-refractivity contribution in [1.82, 2.24) is 9.97 Å². The van der Waals surface area contributed by atoms with E-state index in [0.717, 1.165) is 36.1 Å². The predicted molar refractivity (Wildman–Crippen MR) is 276 cm³/mol. The van der Waals surface area contributed by atoms with Gasteiger partial charge in [0.15, 0.2) is 11.4 Å². The van der Waals surface area contributed by atoms with Crippen molar-refractivity contribution in [2.24, 2.45) is 42.7 Å². The molecule has 0 amide bonds. The van der Waals surface area contributed by atoms with Gasteiger partial charge in [0.2, 0.25) is 5.95 Å². The number of anilines is 1. The SMILES string of the molecule is CCN(CCOC(=O)C(C)(CC(C)(CC)C(CC)(CC)C(C)(CC(C)(CC)CC)C(=O)OCCOc1ccc(-c2ccc(C#N)cc2)cc1)C(C)(C)C)c1ccc(N=Nc2nc(C#N)c(C#N)[nH]2)cc1. The topological polar surface area (TPSA) is 190 Å². The Morgan fingerprint density at radius 1 is 0.643 bits per heavy atom. The van der Waals surface area contributed by atoms with Crippen LogP contribution in [0.3, 0.4) is 0 Å². The van der Waals surface area contributed by atoms with E-state index in [1.165, 1.54) is 0 Å². The summed E-state index contributed by atoms with van der Waals surface area (Å²) in [6, 6.07) is 28.6. The molecule has 4 rings (SSSR count). The van der Waals surface area contributed by atoms with E-state index in [2.05, 4.69) is 107 Å². The van der Waals surface area contributed by atoms with E-state index in [4.69, 9.17) is 14.2 Å². The number of imidazole rings is 1. The molecule has 0 aliphatic rings. The lowest BCUT2D eigenvalue weighted by Gasteiger charge is -2.61. The molecule has 3 unspecified atom stereocenters. The molecule has 0 aliphatic carbocycles. The summed E-state index contributed by atoms with van der Waals surface area (Å²) in [6.45, 7) is 29.7. The van der Waals surface area contributed by atoms with Gasteiger partial charge in [-0.25, -0.2) is 0 Å². The summed E-state index contributed by atoms with van der Waals surface area (Å²) in [7, 11) is 0. The number of nitrogens with zero attached hydrogens (tertiary/aromatic N) is 7. The maximum atomic E-state index is 15.1. The summed E-state index contributed by atoms with van der Waals surface area (Å²) in [4.78, 5) is 38.7. The van der Waals surface area contributed by atoms with Crippen LogP contribution in [0.5, 0.6) is 5.75 Å². The zero-order valence-corrected chi connectivity index (χ0v) is 44.1. The fraction of sp³-hybridized carbons (Fsp3) is 0.544. The second-order valence-corrected chi connectivity index (χ2v) is 20.6. The average molecular weight is 953 g/mol. The normalized spacial score (nSPS) is 14.5. The predicted octanol–water partition coefficient (Wildman–Crippen LogP) is 14.0. The van der Waals surface area contributed by atoms with Crippen LogP contribution in [0.4, 0.5) is 17.3 Å². The van der Waals surface area contributed by atoms with Crippen molar-refractivity contribution in [3.8, 4) is 35.1 Å². The number of aromatic amines is 1. The number of likely N-dealkylation sites (N-methyl/N-ethyl adjacent to an activating group) is 1. The van der Waals surface area contributed by atoms with Crippen LogP contribution in [-0.2, 0) is 19.1 Å². The minimum atomic E-state index is -0.930. The first-order valence-corrected chi connectivity index (χ1v) is 24.9. The fourth-order valence-corrected chi connectivity index (χ4v) is 10.6. The highest BCUT2D eigenvalue weighted by molar-refractivity contribution is 5.79. The Kier molecular flexibility index (Phi) is 19.1. The first-order valence-electron chi connectivity index (χ1n) is 24.9. The van der Waals surface area contributed by atoms with Crippen LogP contribution < -0.4 is 9.64 Å². The van der Waals surface area contributed by atoms with Crippen molar-refractivity contribution in [3.05, 3.63) is 89.7 Å². The fourth-order valence-electron chi connectivity index (χ4n) is 10.6. The molecule has 13 nitrogen and oxygen atoms in total. The molecular weight excluding hydrogens is 877 g/mol. The van der Waals surface area contributed by atoms with Gasteiger partial charge in [-0.2, -0.15) is 20.8 Å². The summed E-state index contributed by atoms with van der Waals surface area (Å²) in [5.41, 5.74) is 0.511. The number of azo groups is 1. The number of carbonyl (C=O) groups excluding carboxylic acids is 2. The molecule has 70 heavy (non-hydrogen) atoms. The highest BCUT2D eigenvalue weighted by atomic mass is 16.6. The Bertz CT molecular complexity index is 2480. The molecule has 1 N–H and O–H groups in total. The summed E-state index contributed by atoms with van der Waals surface area (Å²) < 4.78 is 18.7. The average Bonchev–Trinajstić information content (AvgIpc) is 3.78. The van der Waals surface area contributed by atoms with Crippen LogP contribution in [0.1, 0.15) is 152 Å². The van der Waals surface area contributed by atoms with E-state index < -0.39 is 27.1 Å². The zero-order valence-electron chi connectivity index (χ0n) is 44.1. The van der Waals surface area contributed by atoms with Crippen LogP contribution in [0.25, 0.3) is 11.1 Å². The highest BCUT2D eigenvalue weighted by Gasteiger charge is 2.64. The zero-order chi connectivity index (χ0) is 52.0. The van der Waals surface area contributed by atoms with Crippen molar-refractivity contribution in [3.63, 3.8) is 0 Å². The van der Waals surface area contributed by atoms with E-state index in [9.17, 15) is 20.6 Å². The van der Waals surface area contributed by atoms with Gasteiger partial charge in [-0.3, -0.25) is 9.59 Å². The number of hydrogen-bond acceptors (Lipinski definition) is 12. The number of nitrogens with one attached hydrogen (secondary N) is 1. The lowest BCUT2D eigenvalue weighted by Crippen LogP contribution is -2.59. The Balaban J connectivity index is 1.54. The molecule has 0 fully saturated rings. The molecule has 3 aromatic carbocycles. The van der Waals surface area contributed by atoms with Crippen molar-refractivity contribution >= 4 is 29.3 Å². The van der Waals surface area contributed by atoms with Crippen molar-refractivity contribution in [1.29, 1.82) is 15.8 Å². The first kappa shape index (κ1) is 56.1. The second kappa shape index (κ2) is 23.9. The Morgan fingerprint density at radius 3 is 1.70 bits per heavy atom. The first-order chi connectivity index (χ1) is 33.1. The van der Waals surface area contributed by atoms with E-state index >= 15 is 4.79 Å². The molecule has 0 radical (unpaired) electrons. The van der Waals surface area contributed by atoms with Crippen LogP contribution in [-0.4, -0.2) is 54.8 Å². The number of carbonyl (C=O) groups is 2. The third kappa shape index (κ3) is 12.3.